The van der Waals surface area contributed by atoms with Crippen LogP contribution in [0.1, 0.15) is 11.4 Å². The van der Waals surface area contributed by atoms with E-state index in [9.17, 15) is 4.79 Å². The summed E-state index contributed by atoms with van der Waals surface area (Å²) in [5.41, 5.74) is 1.45. The quantitative estimate of drug-likeness (QED) is 0.663. The second-order valence-corrected chi connectivity index (χ2v) is 4.04. The minimum Gasteiger partial charge on any atom is -0.308 e. The summed E-state index contributed by atoms with van der Waals surface area (Å²) >= 11 is 0. The van der Waals surface area contributed by atoms with E-state index in [0.29, 0.717) is 24.0 Å². The van der Waals surface area contributed by atoms with Crippen LogP contribution in [-0.4, -0.2) is 16.1 Å². The Labute approximate surface area is 98.3 Å². The number of hydrogen-bond donors (Lipinski definition) is 1. The van der Waals surface area contributed by atoms with Crippen LogP contribution in [0.4, 0.5) is 0 Å². The Bertz CT molecular complexity index is 694. The Morgan fingerprint density at radius 2 is 2.35 bits per heavy atom. The number of terminal acetylenes is 1. The number of hydrogen-bond acceptors (Lipinski definition) is 3. The van der Waals surface area contributed by atoms with Crippen LogP contribution in [0, 0.1) is 12.3 Å². The van der Waals surface area contributed by atoms with Crippen molar-refractivity contribution >= 4 is 10.9 Å². The summed E-state index contributed by atoms with van der Waals surface area (Å²) in [5, 5.41) is 3.83. The van der Waals surface area contributed by atoms with Crippen molar-refractivity contribution in [3.05, 3.63) is 39.9 Å². The van der Waals surface area contributed by atoms with Gasteiger partial charge >= 0.3 is 0 Å². The Morgan fingerprint density at radius 1 is 1.47 bits per heavy atom. The molecule has 0 atom stereocenters. The van der Waals surface area contributed by atoms with Crippen LogP contribution >= 0.6 is 0 Å². The molecule has 0 amide bonds. The number of nitrogens with one attached hydrogen (secondary N) is 1. The molecule has 0 aliphatic carbocycles. The summed E-state index contributed by atoms with van der Waals surface area (Å²) in [7, 11) is 0. The van der Waals surface area contributed by atoms with Gasteiger partial charge in [-0.1, -0.05) is 5.92 Å². The summed E-state index contributed by atoms with van der Waals surface area (Å²) in [6, 6.07) is 5.32. The molecule has 0 radical (unpaired) electrons. The molecule has 3 rings (SSSR count). The molecule has 0 saturated carbocycles. The number of aromatic nitrogens is 2. The SMILES string of the molecule is C#Cc1ccc2c(=O)n3c(nc2c1)CNCC3. The normalized spacial score (nSPS) is 14.3. The van der Waals surface area contributed by atoms with Crippen molar-refractivity contribution in [1.82, 2.24) is 14.9 Å². The number of rotatable bonds is 0. The summed E-state index contributed by atoms with van der Waals surface area (Å²) in [5.74, 6) is 3.33. The molecule has 2 aromatic rings. The van der Waals surface area contributed by atoms with Crippen LogP contribution in [0.3, 0.4) is 0 Å². The second kappa shape index (κ2) is 3.72. The standard InChI is InChI=1S/C13H11N3O/c1-2-9-3-4-10-11(7-9)15-12-8-14-5-6-16(12)13(10)17/h1,3-4,7,14H,5-6,8H2. The topological polar surface area (TPSA) is 46.9 Å². The van der Waals surface area contributed by atoms with Gasteiger partial charge in [-0.15, -0.1) is 6.42 Å². The lowest BCUT2D eigenvalue weighted by Crippen LogP contribution is -2.37. The predicted octanol–water partition coefficient (Wildman–Crippen LogP) is 0.481. The van der Waals surface area contributed by atoms with Gasteiger partial charge in [0.1, 0.15) is 5.82 Å². The zero-order valence-corrected chi connectivity index (χ0v) is 9.23. The van der Waals surface area contributed by atoms with E-state index < -0.39 is 0 Å². The maximum Gasteiger partial charge on any atom is 0.261 e. The van der Waals surface area contributed by atoms with E-state index in [0.717, 1.165) is 17.9 Å². The van der Waals surface area contributed by atoms with Gasteiger partial charge in [0.05, 0.1) is 17.4 Å². The van der Waals surface area contributed by atoms with Crippen molar-refractivity contribution in [2.45, 2.75) is 13.1 Å². The van der Waals surface area contributed by atoms with Crippen LogP contribution in [0.15, 0.2) is 23.0 Å². The predicted molar refractivity (Wildman–Crippen MR) is 65.6 cm³/mol. The summed E-state index contributed by atoms with van der Waals surface area (Å²) < 4.78 is 1.73. The van der Waals surface area contributed by atoms with E-state index in [1.165, 1.54) is 0 Å². The molecule has 0 unspecified atom stereocenters. The highest BCUT2D eigenvalue weighted by atomic mass is 16.1. The second-order valence-electron chi connectivity index (χ2n) is 4.04. The molecule has 0 fully saturated rings. The molecule has 0 spiro atoms. The van der Waals surface area contributed by atoms with E-state index in [1.807, 2.05) is 0 Å². The highest BCUT2D eigenvalue weighted by Gasteiger charge is 2.13. The van der Waals surface area contributed by atoms with Gasteiger partial charge in [-0.3, -0.25) is 9.36 Å². The lowest BCUT2D eigenvalue weighted by atomic mass is 10.1. The van der Waals surface area contributed by atoms with Crippen LogP contribution in [0.25, 0.3) is 10.9 Å². The fraction of sp³-hybridized carbons (Fsp3) is 0.231. The fourth-order valence-corrected chi connectivity index (χ4v) is 2.11. The first-order valence-electron chi connectivity index (χ1n) is 5.50. The van der Waals surface area contributed by atoms with Crippen molar-refractivity contribution in [3.63, 3.8) is 0 Å². The van der Waals surface area contributed by atoms with Crippen molar-refractivity contribution in [3.8, 4) is 12.3 Å². The van der Waals surface area contributed by atoms with Crippen molar-refractivity contribution < 1.29 is 0 Å². The number of fused-ring (bicyclic) bond motifs is 2. The van der Waals surface area contributed by atoms with Gasteiger partial charge in [0.25, 0.3) is 5.56 Å². The molecule has 1 aromatic carbocycles. The molecular weight excluding hydrogens is 214 g/mol. The van der Waals surface area contributed by atoms with Crippen LogP contribution in [0.5, 0.6) is 0 Å². The Hall–Kier alpha value is -2.12. The molecule has 84 valence electrons. The summed E-state index contributed by atoms with van der Waals surface area (Å²) in [6.07, 6.45) is 5.34. The van der Waals surface area contributed by atoms with Gasteiger partial charge in [-0.25, -0.2) is 4.98 Å². The molecule has 4 nitrogen and oxygen atoms in total. The van der Waals surface area contributed by atoms with E-state index >= 15 is 0 Å². The van der Waals surface area contributed by atoms with Gasteiger partial charge in [0, 0.05) is 18.7 Å². The number of benzene rings is 1. The highest BCUT2D eigenvalue weighted by molar-refractivity contribution is 5.79. The van der Waals surface area contributed by atoms with Crippen molar-refractivity contribution in [2.75, 3.05) is 6.54 Å². The lowest BCUT2D eigenvalue weighted by Gasteiger charge is -2.18. The third-order valence-electron chi connectivity index (χ3n) is 3.00. The van der Waals surface area contributed by atoms with Gasteiger partial charge in [-0.2, -0.15) is 0 Å². The van der Waals surface area contributed by atoms with Gasteiger partial charge in [-0.05, 0) is 18.2 Å². The Kier molecular flexibility index (Phi) is 2.20. The van der Waals surface area contributed by atoms with Crippen LogP contribution < -0.4 is 10.9 Å². The smallest absolute Gasteiger partial charge is 0.261 e. The molecule has 1 aromatic heterocycles. The largest absolute Gasteiger partial charge is 0.308 e. The summed E-state index contributed by atoms with van der Waals surface area (Å²) in [6.45, 7) is 2.11. The molecule has 2 heterocycles. The average molecular weight is 225 g/mol. The zero-order chi connectivity index (χ0) is 11.8. The lowest BCUT2D eigenvalue weighted by molar-refractivity contribution is 0.486. The monoisotopic (exact) mass is 225 g/mol. The third kappa shape index (κ3) is 1.52. The molecule has 4 heteroatoms. The van der Waals surface area contributed by atoms with Crippen molar-refractivity contribution in [2.24, 2.45) is 0 Å². The van der Waals surface area contributed by atoms with Crippen LogP contribution in [0.2, 0.25) is 0 Å². The maximum atomic E-state index is 12.2. The minimum atomic E-state index is 0.0232. The third-order valence-corrected chi connectivity index (χ3v) is 3.00. The fourth-order valence-electron chi connectivity index (χ4n) is 2.11. The Morgan fingerprint density at radius 3 is 3.18 bits per heavy atom. The molecule has 17 heavy (non-hydrogen) atoms. The van der Waals surface area contributed by atoms with Gasteiger partial charge in [0.15, 0.2) is 0 Å². The van der Waals surface area contributed by atoms with Crippen LogP contribution in [-0.2, 0) is 13.1 Å². The van der Waals surface area contributed by atoms with E-state index in [1.54, 1.807) is 22.8 Å². The van der Waals surface area contributed by atoms with E-state index in [4.69, 9.17) is 6.42 Å². The Balaban J connectivity index is 2.37. The zero-order valence-electron chi connectivity index (χ0n) is 9.23. The molecule has 1 N–H and O–H groups in total. The minimum absolute atomic E-state index is 0.0232. The average Bonchev–Trinajstić information content (AvgIpc) is 2.38. The molecular formula is C13H11N3O. The molecule has 1 aliphatic heterocycles. The van der Waals surface area contributed by atoms with Gasteiger partial charge in [0.2, 0.25) is 0 Å². The first-order chi connectivity index (χ1) is 8.29. The first-order valence-corrected chi connectivity index (χ1v) is 5.50. The molecule has 1 aliphatic rings. The number of nitrogens with zero attached hydrogens (tertiary/aromatic N) is 2. The van der Waals surface area contributed by atoms with Gasteiger partial charge < -0.3 is 5.32 Å². The summed E-state index contributed by atoms with van der Waals surface area (Å²) in [4.78, 5) is 16.7. The maximum absolute atomic E-state index is 12.2. The molecule has 0 bridgehead atoms. The van der Waals surface area contributed by atoms with E-state index in [2.05, 4.69) is 16.2 Å². The van der Waals surface area contributed by atoms with Crippen molar-refractivity contribution in [1.29, 1.82) is 0 Å². The molecule has 0 saturated heterocycles. The first kappa shape index (κ1) is 10.1. The highest BCUT2D eigenvalue weighted by Crippen LogP contribution is 2.12. The van der Waals surface area contributed by atoms with E-state index in [-0.39, 0.29) is 5.56 Å².